The first-order valence-corrected chi connectivity index (χ1v) is 9.87. The monoisotopic (exact) mass is 404 g/mol. The fourth-order valence-corrected chi connectivity index (χ4v) is 3.80. The van der Waals surface area contributed by atoms with E-state index in [1.807, 2.05) is 36.4 Å². The lowest BCUT2D eigenvalue weighted by Gasteiger charge is -2.24. The van der Waals surface area contributed by atoms with Gasteiger partial charge in [0.05, 0.1) is 17.2 Å². The number of aromatic amines is 1. The molecule has 0 unspecified atom stereocenters. The van der Waals surface area contributed by atoms with Crippen LogP contribution in [0.5, 0.6) is 5.75 Å². The van der Waals surface area contributed by atoms with E-state index in [4.69, 9.17) is 4.74 Å². The van der Waals surface area contributed by atoms with E-state index in [0.29, 0.717) is 36.4 Å². The summed E-state index contributed by atoms with van der Waals surface area (Å²) in [6.07, 6.45) is 4.20. The summed E-state index contributed by atoms with van der Waals surface area (Å²) in [5.74, 6) is 0.0287. The number of hydrogen-bond donors (Lipinski definition) is 3. The van der Waals surface area contributed by atoms with Crippen molar-refractivity contribution in [2.75, 3.05) is 20.2 Å². The number of aromatic nitrogens is 2. The Labute approximate surface area is 174 Å². The fraction of sp³-hybridized carbons (Fsp3) is 0.261. The van der Waals surface area contributed by atoms with E-state index >= 15 is 0 Å². The summed E-state index contributed by atoms with van der Waals surface area (Å²) in [4.78, 5) is 25.4. The number of fused-ring (bicyclic) bond motifs is 1. The van der Waals surface area contributed by atoms with Gasteiger partial charge in [0.1, 0.15) is 12.4 Å². The van der Waals surface area contributed by atoms with Crippen LogP contribution in [0.25, 0.3) is 0 Å². The van der Waals surface area contributed by atoms with Crippen molar-refractivity contribution in [2.45, 2.75) is 18.8 Å². The first-order valence-electron chi connectivity index (χ1n) is 9.87. The molecule has 0 bridgehead atoms. The Hall–Kier alpha value is -3.61. The molecule has 1 aliphatic heterocycles. The quantitative estimate of drug-likeness (QED) is 0.588. The van der Waals surface area contributed by atoms with Crippen molar-refractivity contribution in [3.8, 4) is 5.75 Å². The van der Waals surface area contributed by atoms with Gasteiger partial charge in [-0.3, -0.25) is 14.7 Å². The molecule has 0 fully saturated rings. The number of rotatable bonds is 6. The molecular formula is C23H24N4O3. The lowest BCUT2D eigenvalue weighted by Crippen LogP contribution is -2.28. The van der Waals surface area contributed by atoms with Crippen molar-refractivity contribution in [1.29, 1.82) is 0 Å². The van der Waals surface area contributed by atoms with Crippen molar-refractivity contribution in [2.24, 2.45) is 0 Å². The molecule has 1 aliphatic rings. The molecule has 0 saturated heterocycles. The van der Waals surface area contributed by atoms with Crippen LogP contribution in [-0.2, 0) is 11.8 Å². The summed E-state index contributed by atoms with van der Waals surface area (Å²) in [6.45, 7) is 2.95. The maximum atomic E-state index is 12.9. The number of nitrogens with one attached hydrogen (secondary N) is 3. The van der Waals surface area contributed by atoms with Crippen LogP contribution in [0.2, 0.25) is 0 Å². The predicted molar refractivity (Wildman–Crippen MR) is 113 cm³/mol. The Morgan fingerprint density at radius 2 is 2.00 bits per heavy atom. The normalized spacial score (nSPS) is 17.1. The highest BCUT2D eigenvalue weighted by Crippen LogP contribution is 2.45. The standard InChI is InChI=1S/C23H24N4O3/c1-23(17-6-4-3-5-7-17)14-30-20-18(22(29)24-2)10-16(11-19(20)23)21(28)25-9-8-15-12-26-27-13-15/h3-7,10-13H,8-9,14H2,1-2H3,(H,24,29)(H,25,28)(H,26,27)/t23-/m1/s1. The molecular weight excluding hydrogens is 380 g/mol. The zero-order valence-corrected chi connectivity index (χ0v) is 17.0. The molecule has 0 saturated carbocycles. The molecule has 3 aromatic rings. The molecule has 7 heteroatoms. The van der Waals surface area contributed by atoms with E-state index < -0.39 is 5.41 Å². The second kappa shape index (κ2) is 8.02. The zero-order chi connectivity index (χ0) is 21.1. The van der Waals surface area contributed by atoms with Gasteiger partial charge < -0.3 is 15.4 Å². The highest BCUT2D eigenvalue weighted by Gasteiger charge is 2.40. The Balaban J connectivity index is 1.68. The lowest BCUT2D eigenvalue weighted by molar-refractivity contribution is 0.0954. The SMILES string of the molecule is CNC(=O)c1cc(C(=O)NCCc2cn[nH]c2)cc2c1OC[C@]2(C)c1ccccc1. The number of carbonyl (C=O) groups is 2. The summed E-state index contributed by atoms with van der Waals surface area (Å²) in [5.41, 5.74) is 3.29. The van der Waals surface area contributed by atoms with E-state index in [-0.39, 0.29) is 11.8 Å². The van der Waals surface area contributed by atoms with E-state index in [2.05, 4.69) is 27.8 Å². The lowest BCUT2D eigenvalue weighted by atomic mass is 9.77. The van der Waals surface area contributed by atoms with E-state index in [9.17, 15) is 9.59 Å². The number of H-pyrrole nitrogens is 1. The smallest absolute Gasteiger partial charge is 0.254 e. The molecule has 0 aliphatic carbocycles. The van der Waals surface area contributed by atoms with Crippen LogP contribution in [-0.4, -0.2) is 42.2 Å². The number of amides is 2. The van der Waals surface area contributed by atoms with E-state index in [0.717, 1.165) is 16.7 Å². The minimum absolute atomic E-state index is 0.228. The van der Waals surface area contributed by atoms with Gasteiger partial charge in [-0.05, 0) is 36.6 Å². The molecule has 30 heavy (non-hydrogen) atoms. The first kappa shape index (κ1) is 19.7. The Morgan fingerprint density at radius 1 is 1.20 bits per heavy atom. The van der Waals surface area contributed by atoms with Crippen LogP contribution in [0.15, 0.2) is 54.9 Å². The number of carbonyl (C=O) groups excluding carboxylic acids is 2. The molecule has 7 nitrogen and oxygen atoms in total. The zero-order valence-electron chi connectivity index (χ0n) is 17.0. The van der Waals surface area contributed by atoms with Crippen molar-refractivity contribution < 1.29 is 14.3 Å². The number of ether oxygens (including phenoxy) is 1. The topological polar surface area (TPSA) is 96.1 Å². The maximum absolute atomic E-state index is 12.9. The van der Waals surface area contributed by atoms with Gasteiger partial charge in [-0.2, -0.15) is 5.10 Å². The molecule has 0 radical (unpaired) electrons. The summed E-state index contributed by atoms with van der Waals surface area (Å²) in [6, 6.07) is 13.4. The molecule has 1 atom stereocenters. The Kier molecular flexibility index (Phi) is 5.27. The largest absolute Gasteiger partial charge is 0.491 e. The Bertz CT molecular complexity index is 1060. The molecule has 2 aromatic carbocycles. The highest BCUT2D eigenvalue weighted by molar-refractivity contribution is 6.02. The van der Waals surface area contributed by atoms with Crippen LogP contribution in [0.1, 0.15) is 44.3 Å². The third-order valence-electron chi connectivity index (χ3n) is 5.59. The van der Waals surface area contributed by atoms with Crippen LogP contribution in [0, 0.1) is 0 Å². The van der Waals surface area contributed by atoms with Crippen LogP contribution in [0.3, 0.4) is 0 Å². The van der Waals surface area contributed by atoms with Gasteiger partial charge >= 0.3 is 0 Å². The maximum Gasteiger partial charge on any atom is 0.254 e. The van der Waals surface area contributed by atoms with Gasteiger partial charge in [0.25, 0.3) is 11.8 Å². The molecule has 1 aromatic heterocycles. The van der Waals surface area contributed by atoms with Gasteiger partial charge in [0.15, 0.2) is 0 Å². The second-order valence-corrected chi connectivity index (χ2v) is 7.58. The molecule has 2 heterocycles. The minimum atomic E-state index is -0.452. The average molecular weight is 404 g/mol. The fourth-order valence-electron chi connectivity index (χ4n) is 3.80. The molecule has 4 rings (SSSR count). The summed E-state index contributed by atoms with van der Waals surface area (Å²) in [5, 5.41) is 12.2. The molecule has 2 amide bonds. The first-order chi connectivity index (χ1) is 14.5. The van der Waals surface area contributed by atoms with E-state index in [1.165, 1.54) is 0 Å². The summed E-state index contributed by atoms with van der Waals surface area (Å²) in [7, 11) is 1.57. The third kappa shape index (κ3) is 3.54. The number of nitrogens with zero attached hydrogens (tertiary/aromatic N) is 1. The summed E-state index contributed by atoms with van der Waals surface area (Å²) >= 11 is 0. The predicted octanol–water partition coefficient (Wildman–Crippen LogP) is 2.44. The minimum Gasteiger partial charge on any atom is -0.491 e. The van der Waals surface area contributed by atoms with Gasteiger partial charge in [-0.15, -0.1) is 0 Å². The molecule has 3 N–H and O–H groups in total. The molecule has 154 valence electrons. The molecule has 0 spiro atoms. The van der Waals surface area contributed by atoms with Gasteiger partial charge in [0.2, 0.25) is 0 Å². The van der Waals surface area contributed by atoms with Crippen LogP contribution >= 0.6 is 0 Å². The highest BCUT2D eigenvalue weighted by atomic mass is 16.5. The van der Waals surface area contributed by atoms with Crippen molar-refractivity contribution in [3.63, 3.8) is 0 Å². The van der Waals surface area contributed by atoms with Crippen molar-refractivity contribution in [3.05, 3.63) is 82.7 Å². The van der Waals surface area contributed by atoms with Crippen LogP contribution < -0.4 is 15.4 Å². The Morgan fingerprint density at radius 3 is 2.70 bits per heavy atom. The van der Waals surface area contributed by atoms with Crippen molar-refractivity contribution >= 4 is 11.8 Å². The van der Waals surface area contributed by atoms with E-state index in [1.54, 1.807) is 25.5 Å². The van der Waals surface area contributed by atoms with Crippen LogP contribution in [0.4, 0.5) is 0 Å². The number of benzene rings is 2. The number of hydrogen-bond acceptors (Lipinski definition) is 4. The summed E-state index contributed by atoms with van der Waals surface area (Å²) < 4.78 is 5.98. The van der Waals surface area contributed by atoms with Crippen molar-refractivity contribution in [1.82, 2.24) is 20.8 Å². The third-order valence-corrected chi connectivity index (χ3v) is 5.59. The van der Waals surface area contributed by atoms with Gasteiger partial charge in [-0.1, -0.05) is 30.3 Å². The second-order valence-electron chi connectivity index (χ2n) is 7.58. The van der Waals surface area contributed by atoms with Gasteiger partial charge in [-0.25, -0.2) is 0 Å². The van der Waals surface area contributed by atoms with Gasteiger partial charge in [0, 0.05) is 30.9 Å². The average Bonchev–Trinajstić information content (AvgIpc) is 3.42.